The van der Waals surface area contributed by atoms with Gasteiger partial charge in [0.2, 0.25) is 11.8 Å². The minimum atomic E-state index is 0. The summed E-state index contributed by atoms with van der Waals surface area (Å²) < 4.78 is 4.83. The van der Waals surface area contributed by atoms with Crippen molar-refractivity contribution in [2.24, 2.45) is 5.92 Å². The van der Waals surface area contributed by atoms with Gasteiger partial charge in [0.1, 0.15) is 6.61 Å². The molecule has 2 amide bonds. The van der Waals surface area contributed by atoms with Gasteiger partial charge in [0, 0.05) is 33.3 Å². The molecule has 2 aliphatic rings. The van der Waals surface area contributed by atoms with E-state index in [2.05, 4.69) is 5.32 Å². The first-order chi connectivity index (χ1) is 9.20. The predicted molar refractivity (Wildman–Crippen MR) is 77.9 cm³/mol. The molecule has 7 heteroatoms. The molecule has 0 radical (unpaired) electrons. The number of methoxy groups -OCH3 is 1. The van der Waals surface area contributed by atoms with Gasteiger partial charge in [-0.05, 0) is 25.3 Å². The van der Waals surface area contributed by atoms with Crippen LogP contribution < -0.4 is 5.32 Å². The van der Waals surface area contributed by atoms with Crippen molar-refractivity contribution in [3.63, 3.8) is 0 Å². The Hall–Kier alpha value is -0.850. The van der Waals surface area contributed by atoms with Crippen LogP contribution in [0.4, 0.5) is 0 Å². The molecule has 0 unspecified atom stereocenters. The van der Waals surface area contributed by atoms with E-state index >= 15 is 0 Å². The first-order valence-electron chi connectivity index (χ1n) is 6.96. The Morgan fingerprint density at radius 1 is 1.10 bits per heavy atom. The molecule has 6 nitrogen and oxygen atoms in total. The lowest BCUT2D eigenvalue weighted by atomic mass is 10.3. The molecule has 0 atom stereocenters. The number of hydrogen-bond acceptors (Lipinski definition) is 4. The molecular weight excluding hydrogens is 282 g/mol. The van der Waals surface area contributed by atoms with E-state index in [1.54, 1.807) is 4.90 Å². The maximum Gasteiger partial charge on any atom is 0.248 e. The van der Waals surface area contributed by atoms with Crippen LogP contribution in [-0.4, -0.2) is 74.6 Å². The van der Waals surface area contributed by atoms with E-state index in [4.69, 9.17) is 4.74 Å². The lowest BCUT2D eigenvalue weighted by molar-refractivity contribution is -0.141. The maximum atomic E-state index is 11.9. The highest BCUT2D eigenvalue weighted by atomic mass is 35.5. The average Bonchev–Trinajstić information content (AvgIpc) is 3.23. The smallest absolute Gasteiger partial charge is 0.248 e. The van der Waals surface area contributed by atoms with Crippen LogP contribution in [0.25, 0.3) is 0 Å². The second kappa shape index (κ2) is 8.44. The molecule has 1 heterocycles. The third-order valence-electron chi connectivity index (χ3n) is 3.66. The molecule has 1 aliphatic carbocycles. The highest BCUT2D eigenvalue weighted by Crippen LogP contribution is 2.27. The van der Waals surface area contributed by atoms with E-state index in [0.717, 1.165) is 12.5 Å². The van der Waals surface area contributed by atoms with Crippen molar-refractivity contribution < 1.29 is 14.3 Å². The van der Waals surface area contributed by atoms with E-state index in [9.17, 15) is 9.59 Å². The summed E-state index contributed by atoms with van der Waals surface area (Å²) in [5, 5.41) is 3.21. The topological polar surface area (TPSA) is 61.9 Å². The van der Waals surface area contributed by atoms with Gasteiger partial charge >= 0.3 is 0 Å². The summed E-state index contributed by atoms with van der Waals surface area (Å²) in [6, 6.07) is 0. The Labute approximate surface area is 126 Å². The van der Waals surface area contributed by atoms with Gasteiger partial charge in [-0.15, -0.1) is 12.4 Å². The van der Waals surface area contributed by atoms with Gasteiger partial charge in [-0.3, -0.25) is 9.59 Å². The monoisotopic (exact) mass is 305 g/mol. The second-order valence-corrected chi connectivity index (χ2v) is 5.27. The Kier molecular flexibility index (Phi) is 7.26. The van der Waals surface area contributed by atoms with E-state index in [-0.39, 0.29) is 30.8 Å². The van der Waals surface area contributed by atoms with E-state index in [0.29, 0.717) is 32.7 Å². The largest absolute Gasteiger partial charge is 0.375 e. The van der Waals surface area contributed by atoms with Crippen molar-refractivity contribution in [2.45, 2.75) is 12.8 Å². The third-order valence-corrected chi connectivity index (χ3v) is 3.66. The van der Waals surface area contributed by atoms with Gasteiger partial charge in [0.25, 0.3) is 0 Å². The maximum absolute atomic E-state index is 11.9. The number of ether oxygens (including phenoxy) is 1. The van der Waals surface area contributed by atoms with Gasteiger partial charge in [-0.1, -0.05) is 0 Å². The Morgan fingerprint density at radius 2 is 1.65 bits per heavy atom. The van der Waals surface area contributed by atoms with Crippen molar-refractivity contribution in [1.82, 2.24) is 15.1 Å². The molecule has 2 rings (SSSR count). The van der Waals surface area contributed by atoms with Crippen LogP contribution in [0, 0.1) is 5.92 Å². The predicted octanol–water partition coefficient (Wildman–Crippen LogP) is -0.275. The molecule has 0 spiro atoms. The second-order valence-electron chi connectivity index (χ2n) is 5.27. The summed E-state index contributed by atoms with van der Waals surface area (Å²) in [7, 11) is 1.52. The Balaban J connectivity index is 0.00000200. The number of carbonyl (C=O) groups excluding carboxylic acids is 2. The lowest BCUT2D eigenvalue weighted by Gasteiger charge is -2.34. The fourth-order valence-electron chi connectivity index (χ4n) is 2.24. The molecule has 1 aliphatic heterocycles. The number of piperazine rings is 1. The standard InChI is InChI=1S/C13H23N3O3.ClH/c1-19-10-13(18)16-6-4-15(5-7-16)12(17)9-14-8-11-2-3-11;/h11,14H,2-10H2,1H3;1H. The summed E-state index contributed by atoms with van der Waals surface area (Å²) >= 11 is 0. The average molecular weight is 306 g/mol. The van der Waals surface area contributed by atoms with Crippen LogP contribution >= 0.6 is 12.4 Å². The van der Waals surface area contributed by atoms with Gasteiger partial charge < -0.3 is 19.9 Å². The zero-order valence-electron chi connectivity index (χ0n) is 12.0. The van der Waals surface area contributed by atoms with Gasteiger partial charge in [0.05, 0.1) is 6.54 Å². The van der Waals surface area contributed by atoms with Crippen molar-refractivity contribution in [2.75, 3.05) is 53.0 Å². The molecule has 20 heavy (non-hydrogen) atoms. The highest BCUT2D eigenvalue weighted by Gasteiger charge is 2.24. The van der Waals surface area contributed by atoms with Crippen molar-refractivity contribution >= 4 is 24.2 Å². The van der Waals surface area contributed by atoms with Gasteiger partial charge in [0.15, 0.2) is 0 Å². The molecule has 0 aromatic rings. The number of nitrogens with zero attached hydrogens (tertiary/aromatic N) is 2. The van der Waals surface area contributed by atoms with Crippen LogP contribution in [0.3, 0.4) is 0 Å². The zero-order chi connectivity index (χ0) is 13.7. The summed E-state index contributed by atoms with van der Waals surface area (Å²) in [5.74, 6) is 0.928. The molecule has 0 aromatic heterocycles. The van der Waals surface area contributed by atoms with Crippen LogP contribution in [0.2, 0.25) is 0 Å². The molecule has 0 bridgehead atoms. The number of carbonyl (C=O) groups is 2. The fraction of sp³-hybridized carbons (Fsp3) is 0.846. The number of amides is 2. The lowest BCUT2D eigenvalue weighted by Crippen LogP contribution is -2.53. The van der Waals surface area contributed by atoms with Crippen LogP contribution in [0.5, 0.6) is 0 Å². The normalized spacial score (nSPS) is 18.6. The minimum Gasteiger partial charge on any atom is -0.375 e. The van der Waals surface area contributed by atoms with Crippen molar-refractivity contribution in [3.8, 4) is 0 Å². The molecule has 1 N–H and O–H groups in total. The van der Waals surface area contributed by atoms with Gasteiger partial charge in [-0.25, -0.2) is 0 Å². The number of rotatable bonds is 6. The first kappa shape index (κ1) is 17.2. The molecule has 0 aromatic carbocycles. The summed E-state index contributed by atoms with van der Waals surface area (Å²) in [6.45, 7) is 3.96. The third kappa shape index (κ3) is 5.26. The quantitative estimate of drug-likeness (QED) is 0.733. The zero-order valence-corrected chi connectivity index (χ0v) is 12.8. The minimum absolute atomic E-state index is 0. The number of halogens is 1. The van der Waals surface area contributed by atoms with E-state index < -0.39 is 0 Å². The number of nitrogens with one attached hydrogen (secondary N) is 1. The number of hydrogen-bond donors (Lipinski definition) is 1. The van der Waals surface area contributed by atoms with Gasteiger partial charge in [-0.2, -0.15) is 0 Å². The molecular formula is C13H24ClN3O3. The van der Waals surface area contributed by atoms with Crippen molar-refractivity contribution in [3.05, 3.63) is 0 Å². The summed E-state index contributed by atoms with van der Waals surface area (Å²) in [5.41, 5.74) is 0. The summed E-state index contributed by atoms with van der Waals surface area (Å²) in [4.78, 5) is 27.1. The van der Waals surface area contributed by atoms with E-state index in [1.165, 1.54) is 20.0 Å². The van der Waals surface area contributed by atoms with Crippen LogP contribution in [-0.2, 0) is 14.3 Å². The fourth-order valence-corrected chi connectivity index (χ4v) is 2.24. The van der Waals surface area contributed by atoms with Crippen LogP contribution in [0.1, 0.15) is 12.8 Å². The molecule has 116 valence electrons. The van der Waals surface area contributed by atoms with E-state index in [1.807, 2.05) is 4.90 Å². The summed E-state index contributed by atoms with van der Waals surface area (Å²) in [6.07, 6.45) is 2.59. The van der Waals surface area contributed by atoms with Crippen LogP contribution in [0.15, 0.2) is 0 Å². The highest BCUT2D eigenvalue weighted by molar-refractivity contribution is 5.85. The Bertz CT molecular complexity index is 329. The molecule has 2 fully saturated rings. The Morgan fingerprint density at radius 3 is 2.15 bits per heavy atom. The SMILES string of the molecule is COCC(=O)N1CCN(C(=O)CNCC2CC2)CC1.Cl. The molecule has 1 saturated heterocycles. The molecule has 1 saturated carbocycles. The first-order valence-corrected chi connectivity index (χ1v) is 6.96. The van der Waals surface area contributed by atoms with Crippen molar-refractivity contribution in [1.29, 1.82) is 0 Å².